The van der Waals surface area contributed by atoms with Crippen molar-refractivity contribution in [2.24, 2.45) is 0 Å². The van der Waals surface area contributed by atoms with Crippen LogP contribution < -0.4 is 0 Å². The van der Waals surface area contributed by atoms with E-state index in [1.807, 2.05) is 0 Å². The molecule has 1 aromatic rings. The normalized spacial score (nSPS) is 14.1. The molecule has 0 aliphatic heterocycles. The summed E-state index contributed by atoms with van der Waals surface area (Å²) in [5, 5.41) is 27.4. The van der Waals surface area contributed by atoms with Crippen molar-refractivity contribution in [2.45, 2.75) is 18.6 Å². The van der Waals surface area contributed by atoms with Crippen LogP contribution in [0.4, 0.5) is 4.39 Å². The van der Waals surface area contributed by atoms with E-state index in [1.54, 1.807) is 0 Å². The standard InChI is InChI=1S/C10H10FNO5/c11-10-6(4-13)5(1-2-12-10)9(17)7(14)3-8(15)16/h1-2,4,7,9,14,17H,3H2,(H,15,16). The van der Waals surface area contributed by atoms with Gasteiger partial charge in [-0.3, -0.25) is 9.59 Å². The molecule has 1 aromatic heterocycles. The van der Waals surface area contributed by atoms with Gasteiger partial charge in [-0.2, -0.15) is 4.39 Å². The van der Waals surface area contributed by atoms with Gasteiger partial charge in [0.1, 0.15) is 6.10 Å². The van der Waals surface area contributed by atoms with E-state index in [-0.39, 0.29) is 11.8 Å². The summed E-state index contributed by atoms with van der Waals surface area (Å²) >= 11 is 0. The van der Waals surface area contributed by atoms with Crippen LogP contribution >= 0.6 is 0 Å². The molecule has 0 aliphatic rings. The Bertz CT molecular complexity index is 437. The Morgan fingerprint density at radius 1 is 1.53 bits per heavy atom. The van der Waals surface area contributed by atoms with E-state index in [1.165, 1.54) is 0 Å². The number of carboxylic acids is 1. The fourth-order valence-corrected chi connectivity index (χ4v) is 1.33. The van der Waals surface area contributed by atoms with Gasteiger partial charge in [-0.1, -0.05) is 0 Å². The highest BCUT2D eigenvalue weighted by molar-refractivity contribution is 5.77. The summed E-state index contributed by atoms with van der Waals surface area (Å²) in [6.07, 6.45) is -2.86. The molecular weight excluding hydrogens is 233 g/mol. The lowest BCUT2D eigenvalue weighted by molar-refractivity contribution is -0.141. The molecule has 0 aliphatic carbocycles. The van der Waals surface area contributed by atoms with Gasteiger partial charge in [0.05, 0.1) is 18.1 Å². The lowest BCUT2D eigenvalue weighted by atomic mass is 9.99. The second-order valence-corrected chi connectivity index (χ2v) is 3.33. The van der Waals surface area contributed by atoms with Crippen LogP contribution in [0.5, 0.6) is 0 Å². The first-order valence-corrected chi connectivity index (χ1v) is 4.65. The molecule has 0 fully saturated rings. The average molecular weight is 243 g/mol. The molecule has 0 bridgehead atoms. The lowest BCUT2D eigenvalue weighted by Crippen LogP contribution is -2.23. The first kappa shape index (κ1) is 13.2. The summed E-state index contributed by atoms with van der Waals surface area (Å²) in [6.45, 7) is 0. The van der Waals surface area contributed by atoms with Crippen molar-refractivity contribution < 1.29 is 29.3 Å². The number of halogens is 1. The van der Waals surface area contributed by atoms with Gasteiger partial charge in [0, 0.05) is 6.20 Å². The first-order valence-electron chi connectivity index (χ1n) is 4.65. The van der Waals surface area contributed by atoms with Crippen molar-refractivity contribution in [1.29, 1.82) is 0 Å². The molecule has 17 heavy (non-hydrogen) atoms. The Hall–Kier alpha value is -1.86. The molecular formula is C10H10FNO5. The number of hydrogen-bond donors (Lipinski definition) is 3. The largest absolute Gasteiger partial charge is 0.481 e. The molecule has 0 amide bonds. The molecule has 0 saturated heterocycles. The summed E-state index contributed by atoms with van der Waals surface area (Å²) < 4.78 is 13.1. The van der Waals surface area contributed by atoms with E-state index < -0.39 is 36.1 Å². The van der Waals surface area contributed by atoms with Crippen LogP contribution in [-0.2, 0) is 4.79 Å². The third kappa shape index (κ3) is 3.05. The molecule has 0 saturated carbocycles. The molecule has 1 rings (SSSR count). The number of aromatic nitrogens is 1. The van der Waals surface area contributed by atoms with Gasteiger partial charge < -0.3 is 15.3 Å². The zero-order valence-corrected chi connectivity index (χ0v) is 8.58. The minimum Gasteiger partial charge on any atom is -0.481 e. The number of pyridine rings is 1. The Morgan fingerprint density at radius 3 is 2.71 bits per heavy atom. The third-order valence-corrected chi connectivity index (χ3v) is 2.16. The van der Waals surface area contributed by atoms with Gasteiger partial charge in [0.15, 0.2) is 6.29 Å². The number of carbonyl (C=O) groups excluding carboxylic acids is 1. The van der Waals surface area contributed by atoms with Crippen molar-refractivity contribution in [1.82, 2.24) is 4.98 Å². The van der Waals surface area contributed by atoms with Gasteiger partial charge in [0.2, 0.25) is 5.95 Å². The minimum absolute atomic E-state index is 0.147. The van der Waals surface area contributed by atoms with Crippen LogP contribution in [0.2, 0.25) is 0 Å². The fourth-order valence-electron chi connectivity index (χ4n) is 1.33. The number of aldehydes is 1. The minimum atomic E-state index is -1.66. The van der Waals surface area contributed by atoms with Crippen molar-refractivity contribution in [3.05, 3.63) is 29.3 Å². The predicted octanol–water partition coefficient (Wildman–Crippen LogP) is -0.0978. The van der Waals surface area contributed by atoms with Crippen LogP contribution in [0.1, 0.15) is 28.4 Å². The van der Waals surface area contributed by atoms with Gasteiger partial charge in [-0.15, -0.1) is 0 Å². The Labute approximate surface area is 95.3 Å². The predicted molar refractivity (Wildman–Crippen MR) is 52.8 cm³/mol. The number of aliphatic carboxylic acids is 1. The second kappa shape index (κ2) is 5.46. The van der Waals surface area contributed by atoms with Crippen molar-refractivity contribution in [3.63, 3.8) is 0 Å². The third-order valence-electron chi connectivity index (χ3n) is 2.16. The summed E-state index contributed by atoms with van der Waals surface area (Å²) in [6, 6.07) is 1.14. The van der Waals surface area contributed by atoms with E-state index >= 15 is 0 Å². The number of nitrogens with zero attached hydrogens (tertiary/aromatic N) is 1. The lowest BCUT2D eigenvalue weighted by Gasteiger charge is -2.17. The summed E-state index contributed by atoms with van der Waals surface area (Å²) in [4.78, 5) is 24.2. The summed E-state index contributed by atoms with van der Waals surface area (Å²) in [5.74, 6) is -2.40. The zero-order chi connectivity index (χ0) is 13.0. The molecule has 2 atom stereocenters. The molecule has 1 heterocycles. The average Bonchev–Trinajstić information content (AvgIpc) is 2.26. The number of carboxylic acid groups (broad SMARTS) is 1. The topological polar surface area (TPSA) is 108 Å². The maximum absolute atomic E-state index is 13.1. The van der Waals surface area contributed by atoms with Gasteiger partial charge >= 0.3 is 5.97 Å². The number of carbonyl (C=O) groups is 2. The number of hydrogen-bond acceptors (Lipinski definition) is 5. The first-order chi connectivity index (χ1) is 7.97. The van der Waals surface area contributed by atoms with Crippen LogP contribution in [0.3, 0.4) is 0 Å². The SMILES string of the molecule is O=Cc1c(C(O)C(O)CC(=O)O)ccnc1F. The van der Waals surface area contributed by atoms with Gasteiger partial charge in [-0.05, 0) is 11.6 Å². The summed E-state index contributed by atoms with van der Waals surface area (Å²) in [7, 11) is 0. The second-order valence-electron chi connectivity index (χ2n) is 3.33. The van der Waals surface area contributed by atoms with Crippen LogP contribution in [0.25, 0.3) is 0 Å². The molecule has 2 unspecified atom stereocenters. The Kier molecular flexibility index (Phi) is 4.24. The number of aliphatic hydroxyl groups is 2. The van der Waals surface area contributed by atoms with E-state index in [9.17, 15) is 24.2 Å². The maximum Gasteiger partial charge on any atom is 0.306 e. The fraction of sp³-hybridized carbons (Fsp3) is 0.300. The number of rotatable bonds is 5. The van der Waals surface area contributed by atoms with Crippen molar-refractivity contribution in [2.75, 3.05) is 0 Å². The van der Waals surface area contributed by atoms with Crippen LogP contribution in [0.15, 0.2) is 12.3 Å². The van der Waals surface area contributed by atoms with Gasteiger partial charge in [-0.25, -0.2) is 4.98 Å². The number of aliphatic hydroxyl groups excluding tert-OH is 2. The van der Waals surface area contributed by atoms with Crippen LogP contribution in [-0.4, -0.2) is 38.7 Å². The Balaban J connectivity index is 3.03. The van der Waals surface area contributed by atoms with E-state index in [4.69, 9.17) is 5.11 Å². The van der Waals surface area contributed by atoms with Gasteiger partial charge in [0.25, 0.3) is 0 Å². The molecule has 3 N–H and O–H groups in total. The Morgan fingerprint density at radius 2 is 2.18 bits per heavy atom. The highest BCUT2D eigenvalue weighted by Gasteiger charge is 2.24. The summed E-state index contributed by atoms with van der Waals surface area (Å²) in [5.41, 5.74) is -0.689. The van der Waals surface area contributed by atoms with E-state index in [0.29, 0.717) is 0 Å². The van der Waals surface area contributed by atoms with E-state index in [0.717, 1.165) is 12.3 Å². The zero-order valence-electron chi connectivity index (χ0n) is 8.58. The van der Waals surface area contributed by atoms with Crippen molar-refractivity contribution >= 4 is 12.3 Å². The molecule has 0 spiro atoms. The molecule has 6 nitrogen and oxygen atoms in total. The smallest absolute Gasteiger partial charge is 0.306 e. The molecule has 7 heteroatoms. The molecule has 0 aromatic carbocycles. The monoisotopic (exact) mass is 243 g/mol. The maximum atomic E-state index is 13.1. The van der Waals surface area contributed by atoms with E-state index in [2.05, 4.69) is 4.98 Å². The molecule has 92 valence electrons. The van der Waals surface area contributed by atoms with Crippen molar-refractivity contribution in [3.8, 4) is 0 Å². The highest BCUT2D eigenvalue weighted by Crippen LogP contribution is 2.22. The quantitative estimate of drug-likeness (QED) is 0.492. The highest BCUT2D eigenvalue weighted by atomic mass is 19.1. The molecule has 0 radical (unpaired) electrons. The van der Waals surface area contributed by atoms with Crippen LogP contribution in [0, 0.1) is 5.95 Å².